The average Bonchev–Trinajstić information content (AvgIpc) is 3.33. The molecular formula is C15H24N4O2. The number of aryl methyl sites for hydroxylation is 1. The molecule has 6 heteroatoms. The number of hydrogen-bond acceptors (Lipinski definition) is 4. The van der Waals surface area contributed by atoms with Crippen LogP contribution in [0.3, 0.4) is 0 Å². The summed E-state index contributed by atoms with van der Waals surface area (Å²) in [5.74, 6) is 0. The molecule has 1 aromatic rings. The molecule has 2 heterocycles. The van der Waals surface area contributed by atoms with Gasteiger partial charge >= 0.3 is 5.69 Å². The first kappa shape index (κ1) is 14.5. The van der Waals surface area contributed by atoms with Gasteiger partial charge in [-0.2, -0.15) is 0 Å². The fraction of sp³-hybridized carbons (Fsp3) is 0.733. The van der Waals surface area contributed by atoms with E-state index in [0.29, 0.717) is 18.2 Å². The minimum atomic E-state index is -0.276. The monoisotopic (exact) mass is 292 g/mol. The third-order valence-corrected chi connectivity index (χ3v) is 4.69. The second kappa shape index (κ2) is 5.77. The molecule has 2 fully saturated rings. The number of likely N-dealkylation sites (tertiary alicyclic amines) is 1. The molecule has 1 saturated heterocycles. The van der Waals surface area contributed by atoms with Gasteiger partial charge < -0.3 is 14.8 Å². The Balaban J connectivity index is 1.58. The topological polar surface area (TPSA) is 59.3 Å². The fourth-order valence-corrected chi connectivity index (χ4v) is 3.17. The van der Waals surface area contributed by atoms with Crippen LogP contribution < -0.4 is 16.6 Å². The van der Waals surface area contributed by atoms with Crippen LogP contribution in [0, 0.1) is 0 Å². The summed E-state index contributed by atoms with van der Waals surface area (Å²) < 4.78 is 2.64. The van der Waals surface area contributed by atoms with E-state index >= 15 is 0 Å². The first-order chi connectivity index (χ1) is 10.1. The van der Waals surface area contributed by atoms with Crippen molar-refractivity contribution in [1.29, 1.82) is 0 Å². The molecule has 0 spiro atoms. The second-order valence-electron chi connectivity index (χ2n) is 6.33. The zero-order valence-electron chi connectivity index (χ0n) is 12.8. The highest BCUT2D eigenvalue weighted by molar-refractivity contribution is 5.05. The maximum Gasteiger partial charge on any atom is 0.330 e. The van der Waals surface area contributed by atoms with E-state index in [1.165, 1.54) is 29.0 Å². The van der Waals surface area contributed by atoms with Crippen molar-refractivity contribution < 1.29 is 0 Å². The zero-order chi connectivity index (χ0) is 15.0. The second-order valence-corrected chi connectivity index (χ2v) is 6.33. The third-order valence-electron chi connectivity index (χ3n) is 4.69. The van der Waals surface area contributed by atoms with Gasteiger partial charge in [0.05, 0.1) is 0 Å². The number of nitrogens with zero attached hydrogens (tertiary/aromatic N) is 3. The van der Waals surface area contributed by atoms with Gasteiger partial charge in [-0.3, -0.25) is 9.36 Å². The Morgan fingerprint density at radius 2 is 1.81 bits per heavy atom. The van der Waals surface area contributed by atoms with Gasteiger partial charge in [-0.25, -0.2) is 4.79 Å². The van der Waals surface area contributed by atoms with Crippen LogP contribution in [-0.4, -0.2) is 39.2 Å². The van der Waals surface area contributed by atoms with Crippen molar-refractivity contribution in [2.45, 2.75) is 44.3 Å². The third kappa shape index (κ3) is 3.11. The Kier molecular flexibility index (Phi) is 3.99. The van der Waals surface area contributed by atoms with E-state index in [1.807, 2.05) is 0 Å². The minimum absolute atomic E-state index is 0.194. The first-order valence-corrected chi connectivity index (χ1v) is 7.79. The maximum atomic E-state index is 12.1. The largest absolute Gasteiger partial charge is 0.330 e. The van der Waals surface area contributed by atoms with Crippen LogP contribution in [-0.2, 0) is 20.6 Å². The summed E-state index contributed by atoms with van der Waals surface area (Å²) in [7, 11) is 3.21. The predicted molar refractivity (Wildman–Crippen MR) is 81.4 cm³/mol. The highest BCUT2D eigenvalue weighted by atomic mass is 16.2. The maximum absolute atomic E-state index is 12.1. The molecule has 1 aliphatic carbocycles. The fourth-order valence-electron chi connectivity index (χ4n) is 3.17. The van der Waals surface area contributed by atoms with E-state index < -0.39 is 0 Å². The molecule has 0 atom stereocenters. The quantitative estimate of drug-likeness (QED) is 0.835. The lowest BCUT2D eigenvalue weighted by atomic mass is 10.0. The first-order valence-electron chi connectivity index (χ1n) is 7.79. The molecule has 6 nitrogen and oxygen atoms in total. The molecule has 21 heavy (non-hydrogen) atoms. The summed E-state index contributed by atoms with van der Waals surface area (Å²) in [4.78, 5) is 26.3. The van der Waals surface area contributed by atoms with Crippen molar-refractivity contribution in [3.8, 4) is 0 Å². The van der Waals surface area contributed by atoms with Crippen molar-refractivity contribution in [2.75, 3.05) is 13.1 Å². The van der Waals surface area contributed by atoms with E-state index in [4.69, 9.17) is 0 Å². The lowest BCUT2D eigenvalue weighted by molar-refractivity contribution is 0.189. The molecule has 2 aliphatic rings. The molecule has 1 aromatic heterocycles. The summed E-state index contributed by atoms with van der Waals surface area (Å²) in [6.45, 7) is 2.86. The Morgan fingerprint density at radius 3 is 2.43 bits per heavy atom. The summed E-state index contributed by atoms with van der Waals surface area (Å²) in [6, 6.07) is 1.32. The van der Waals surface area contributed by atoms with Crippen molar-refractivity contribution >= 4 is 0 Å². The van der Waals surface area contributed by atoms with Gasteiger partial charge in [0.15, 0.2) is 0 Å². The molecule has 1 saturated carbocycles. The summed E-state index contributed by atoms with van der Waals surface area (Å²) in [6.07, 6.45) is 6.67. The van der Waals surface area contributed by atoms with Crippen LogP contribution in [0.1, 0.15) is 31.2 Å². The number of piperidine rings is 1. The standard InChI is InChI=1S/C15H24N4O2/c1-17-10-11(14(20)18(2)15(17)21)9-16-12-5-7-19(8-6-12)13-3-4-13/h10,12-13,16H,3-9H2,1-2H3. The molecule has 1 N–H and O–H groups in total. The van der Waals surface area contributed by atoms with Crippen LogP contribution in [0.5, 0.6) is 0 Å². The number of nitrogens with one attached hydrogen (secondary N) is 1. The van der Waals surface area contributed by atoms with Gasteiger partial charge in [0, 0.05) is 44.5 Å². The van der Waals surface area contributed by atoms with Gasteiger partial charge in [0.25, 0.3) is 5.56 Å². The van der Waals surface area contributed by atoms with Crippen molar-refractivity contribution in [2.24, 2.45) is 14.1 Å². The van der Waals surface area contributed by atoms with Crippen LogP contribution >= 0.6 is 0 Å². The molecule has 0 radical (unpaired) electrons. The Hall–Kier alpha value is -1.40. The van der Waals surface area contributed by atoms with E-state index in [2.05, 4.69) is 10.2 Å². The van der Waals surface area contributed by atoms with Gasteiger partial charge in [0.2, 0.25) is 0 Å². The van der Waals surface area contributed by atoms with Crippen LogP contribution in [0.4, 0.5) is 0 Å². The highest BCUT2D eigenvalue weighted by Gasteiger charge is 2.31. The zero-order valence-corrected chi connectivity index (χ0v) is 12.8. The molecule has 0 aromatic carbocycles. The van der Waals surface area contributed by atoms with Gasteiger partial charge in [-0.05, 0) is 38.8 Å². The van der Waals surface area contributed by atoms with Crippen LogP contribution in [0.15, 0.2) is 15.8 Å². The van der Waals surface area contributed by atoms with Crippen LogP contribution in [0.25, 0.3) is 0 Å². The molecule has 0 unspecified atom stereocenters. The van der Waals surface area contributed by atoms with E-state index in [-0.39, 0.29) is 11.2 Å². The van der Waals surface area contributed by atoms with Crippen molar-refractivity contribution in [1.82, 2.24) is 19.4 Å². The predicted octanol–water partition coefficient (Wildman–Crippen LogP) is -0.200. The van der Waals surface area contributed by atoms with E-state index in [0.717, 1.165) is 32.0 Å². The van der Waals surface area contributed by atoms with E-state index in [9.17, 15) is 9.59 Å². The average molecular weight is 292 g/mol. The Bertz CT molecular complexity index is 622. The van der Waals surface area contributed by atoms with Crippen molar-refractivity contribution in [3.05, 3.63) is 32.6 Å². The molecule has 3 rings (SSSR count). The van der Waals surface area contributed by atoms with Gasteiger partial charge in [0.1, 0.15) is 0 Å². The minimum Gasteiger partial charge on any atom is -0.310 e. The van der Waals surface area contributed by atoms with E-state index in [1.54, 1.807) is 13.2 Å². The Morgan fingerprint density at radius 1 is 1.14 bits per heavy atom. The number of aromatic nitrogens is 2. The highest BCUT2D eigenvalue weighted by Crippen LogP contribution is 2.29. The molecule has 1 aliphatic heterocycles. The van der Waals surface area contributed by atoms with Crippen LogP contribution in [0.2, 0.25) is 0 Å². The summed E-state index contributed by atoms with van der Waals surface area (Å²) in [5, 5.41) is 3.48. The van der Waals surface area contributed by atoms with Gasteiger partial charge in [-0.15, -0.1) is 0 Å². The SMILES string of the molecule is Cn1cc(CNC2CCN(C3CC3)CC2)c(=O)n(C)c1=O. The summed E-state index contributed by atoms with van der Waals surface area (Å²) >= 11 is 0. The molecule has 116 valence electrons. The number of rotatable bonds is 4. The molecular weight excluding hydrogens is 268 g/mol. The molecule has 0 amide bonds. The van der Waals surface area contributed by atoms with Crippen molar-refractivity contribution in [3.63, 3.8) is 0 Å². The Labute approximate surface area is 124 Å². The lowest BCUT2D eigenvalue weighted by Crippen LogP contribution is -2.44. The smallest absolute Gasteiger partial charge is 0.310 e. The van der Waals surface area contributed by atoms with Gasteiger partial charge in [-0.1, -0.05) is 0 Å². The summed E-state index contributed by atoms with van der Waals surface area (Å²) in [5.41, 5.74) is 0.187. The molecule has 0 bridgehead atoms. The number of hydrogen-bond donors (Lipinski definition) is 1. The normalized spacial score (nSPS) is 20.9. The lowest BCUT2D eigenvalue weighted by Gasteiger charge is -2.32.